The topological polar surface area (TPSA) is 114 Å². The van der Waals surface area contributed by atoms with Crippen molar-refractivity contribution in [3.63, 3.8) is 0 Å². The highest BCUT2D eigenvalue weighted by molar-refractivity contribution is 9.10. The van der Waals surface area contributed by atoms with Crippen LogP contribution in [0.3, 0.4) is 0 Å². The number of hydrogen-bond donors (Lipinski definition) is 1. The lowest BCUT2D eigenvalue weighted by atomic mass is 9.87. The number of aliphatic hydroxyl groups is 1. The van der Waals surface area contributed by atoms with E-state index in [2.05, 4.69) is 32.0 Å². The number of hydrogen-bond acceptors (Lipinski definition) is 7. The van der Waals surface area contributed by atoms with E-state index in [1.54, 1.807) is 12.1 Å². The lowest BCUT2D eigenvalue weighted by molar-refractivity contribution is 0.347. The maximum absolute atomic E-state index is 11.4. The van der Waals surface area contributed by atoms with Gasteiger partial charge in [-0.2, -0.15) is 0 Å². The predicted molar refractivity (Wildman–Crippen MR) is 124 cm³/mol. The van der Waals surface area contributed by atoms with Crippen LogP contribution in [0.5, 0.6) is 0 Å². The first-order chi connectivity index (χ1) is 14.5. The second kappa shape index (κ2) is 11.3. The van der Waals surface area contributed by atoms with Crippen LogP contribution in [0.25, 0.3) is 5.57 Å². The van der Waals surface area contributed by atoms with Gasteiger partial charge in [0.05, 0.1) is 6.61 Å². The van der Waals surface area contributed by atoms with Gasteiger partial charge in [0.15, 0.2) is 29.7 Å². The average Bonchev–Trinajstić information content (AvgIpc) is 2.72. The molecule has 0 saturated heterocycles. The molecule has 1 aliphatic rings. The SMILES string of the molecule is CS(=O)(=O)c1ccc(/C(=C\C2CCCCC2)CO)cn1.CS(=O)(=O)c1ccc(Br)cn1. The predicted octanol–water partition coefficient (Wildman–Crippen LogP) is 3.69. The van der Waals surface area contributed by atoms with Crippen molar-refractivity contribution in [3.8, 4) is 0 Å². The van der Waals surface area contributed by atoms with Gasteiger partial charge in [-0.15, -0.1) is 0 Å². The van der Waals surface area contributed by atoms with Gasteiger partial charge >= 0.3 is 0 Å². The second-order valence-corrected chi connectivity index (χ2v) is 12.3. The molecule has 0 aliphatic heterocycles. The van der Waals surface area contributed by atoms with E-state index >= 15 is 0 Å². The van der Waals surface area contributed by atoms with Gasteiger partial charge in [-0.1, -0.05) is 31.4 Å². The molecule has 2 aromatic rings. The van der Waals surface area contributed by atoms with Gasteiger partial charge in [-0.3, -0.25) is 0 Å². The van der Waals surface area contributed by atoms with E-state index < -0.39 is 19.7 Å². The Morgan fingerprint density at radius 2 is 1.52 bits per heavy atom. The van der Waals surface area contributed by atoms with Crippen molar-refractivity contribution in [1.29, 1.82) is 0 Å². The Hall–Kier alpha value is -1.62. The van der Waals surface area contributed by atoms with Crippen LogP contribution in [-0.4, -0.2) is 51.0 Å². The largest absolute Gasteiger partial charge is 0.392 e. The van der Waals surface area contributed by atoms with Crippen molar-refractivity contribution >= 4 is 41.2 Å². The van der Waals surface area contributed by atoms with E-state index in [9.17, 15) is 21.9 Å². The van der Waals surface area contributed by atoms with Gasteiger partial charge in [0.1, 0.15) is 0 Å². The molecule has 31 heavy (non-hydrogen) atoms. The zero-order chi connectivity index (χ0) is 23.1. The quantitative estimate of drug-likeness (QED) is 0.626. The van der Waals surface area contributed by atoms with Crippen LogP contribution >= 0.6 is 15.9 Å². The van der Waals surface area contributed by atoms with E-state index in [0.717, 1.165) is 28.1 Å². The molecule has 0 aromatic carbocycles. The highest BCUT2D eigenvalue weighted by atomic mass is 79.9. The minimum atomic E-state index is -3.27. The van der Waals surface area contributed by atoms with Gasteiger partial charge in [-0.05, 0) is 64.0 Å². The monoisotopic (exact) mass is 530 g/mol. The lowest BCUT2D eigenvalue weighted by Gasteiger charge is -2.19. The minimum Gasteiger partial charge on any atom is -0.392 e. The van der Waals surface area contributed by atoms with E-state index in [-0.39, 0.29) is 16.7 Å². The summed E-state index contributed by atoms with van der Waals surface area (Å²) in [7, 11) is -6.42. The Morgan fingerprint density at radius 1 is 0.968 bits per heavy atom. The smallest absolute Gasteiger partial charge is 0.192 e. The fourth-order valence-corrected chi connectivity index (χ4v) is 4.55. The number of aromatic nitrogens is 2. The van der Waals surface area contributed by atoms with Crippen LogP contribution in [-0.2, 0) is 19.7 Å². The Balaban J connectivity index is 0.000000262. The van der Waals surface area contributed by atoms with Crippen LogP contribution in [0.15, 0.2) is 57.3 Å². The molecule has 2 aromatic heterocycles. The van der Waals surface area contributed by atoms with Crippen molar-refractivity contribution in [2.75, 3.05) is 19.1 Å². The summed E-state index contributed by atoms with van der Waals surface area (Å²) in [5.41, 5.74) is 1.63. The number of nitrogens with zero attached hydrogens (tertiary/aromatic N) is 2. The molecule has 0 atom stereocenters. The third-order valence-electron chi connectivity index (χ3n) is 4.82. The maximum Gasteiger partial charge on any atom is 0.192 e. The molecule has 10 heteroatoms. The fraction of sp³-hybridized carbons (Fsp3) is 0.429. The zero-order valence-electron chi connectivity index (χ0n) is 17.5. The third-order valence-corrected chi connectivity index (χ3v) is 7.30. The third kappa shape index (κ3) is 8.44. The minimum absolute atomic E-state index is 0.0452. The normalized spacial score (nSPS) is 15.8. The molecule has 0 amide bonds. The average molecular weight is 531 g/mol. The van der Waals surface area contributed by atoms with Crippen LogP contribution in [0, 0.1) is 5.92 Å². The molecule has 1 N–H and O–H groups in total. The van der Waals surface area contributed by atoms with Crippen LogP contribution in [0.1, 0.15) is 37.7 Å². The molecular weight excluding hydrogens is 504 g/mol. The summed E-state index contributed by atoms with van der Waals surface area (Å²) in [6.07, 6.45) is 13.5. The van der Waals surface area contributed by atoms with E-state index in [1.807, 2.05) is 0 Å². The summed E-state index contributed by atoms with van der Waals surface area (Å²) in [4.78, 5) is 7.69. The molecule has 7 nitrogen and oxygen atoms in total. The first-order valence-corrected chi connectivity index (χ1v) is 14.4. The molecule has 3 rings (SSSR count). The molecule has 0 spiro atoms. The summed E-state index contributed by atoms with van der Waals surface area (Å²) in [5.74, 6) is 0.514. The Bertz CT molecular complexity index is 1090. The Morgan fingerprint density at radius 3 is 1.94 bits per heavy atom. The molecule has 1 fully saturated rings. The van der Waals surface area contributed by atoms with E-state index in [4.69, 9.17) is 0 Å². The number of sulfone groups is 2. The van der Waals surface area contributed by atoms with Gasteiger partial charge in [0.25, 0.3) is 0 Å². The van der Waals surface area contributed by atoms with Gasteiger partial charge in [0.2, 0.25) is 0 Å². The molecular formula is C21H27BrN2O5S2. The van der Waals surface area contributed by atoms with Crippen molar-refractivity contribution in [3.05, 3.63) is 52.8 Å². The maximum atomic E-state index is 11.4. The van der Waals surface area contributed by atoms with Crippen molar-refractivity contribution in [2.24, 2.45) is 5.92 Å². The zero-order valence-corrected chi connectivity index (χ0v) is 20.7. The van der Waals surface area contributed by atoms with Crippen molar-refractivity contribution in [2.45, 2.75) is 42.2 Å². The number of aliphatic hydroxyl groups excluding tert-OH is 1. The van der Waals surface area contributed by atoms with Gasteiger partial charge in [-0.25, -0.2) is 26.8 Å². The highest BCUT2D eigenvalue weighted by Gasteiger charge is 2.14. The van der Waals surface area contributed by atoms with Crippen LogP contribution in [0.2, 0.25) is 0 Å². The standard InChI is InChI=1S/C15H21NO3S.C6H6BrNO2S/c1-20(18,19)15-8-7-13(10-16-15)14(11-17)9-12-5-3-2-4-6-12;1-11(9,10)6-3-2-5(7)4-8-6/h7-10,12,17H,2-6,11H2,1H3;2-4H,1H3/b14-9-;. The Labute approximate surface area is 192 Å². The number of halogens is 1. The molecule has 170 valence electrons. The van der Waals surface area contributed by atoms with Crippen molar-refractivity contribution < 1.29 is 21.9 Å². The second-order valence-electron chi connectivity index (χ2n) is 7.49. The molecule has 0 unspecified atom stereocenters. The molecule has 0 bridgehead atoms. The number of pyridine rings is 2. The lowest BCUT2D eigenvalue weighted by Crippen LogP contribution is -2.06. The molecule has 1 saturated carbocycles. The van der Waals surface area contributed by atoms with Gasteiger partial charge in [0, 0.05) is 29.4 Å². The molecule has 1 aliphatic carbocycles. The van der Waals surface area contributed by atoms with Gasteiger partial charge < -0.3 is 5.11 Å². The van der Waals surface area contributed by atoms with Crippen molar-refractivity contribution in [1.82, 2.24) is 9.97 Å². The molecule has 0 radical (unpaired) electrons. The fourth-order valence-electron chi connectivity index (χ4n) is 3.20. The molecule has 2 heterocycles. The summed E-state index contributed by atoms with van der Waals surface area (Å²) < 4.78 is 45.2. The first-order valence-electron chi connectivity index (χ1n) is 9.80. The van der Waals surface area contributed by atoms with E-state index in [0.29, 0.717) is 5.92 Å². The van der Waals surface area contributed by atoms with E-state index in [1.165, 1.54) is 56.6 Å². The van der Waals surface area contributed by atoms with Crippen LogP contribution < -0.4 is 0 Å². The first kappa shape index (κ1) is 25.6. The summed E-state index contributed by atoms with van der Waals surface area (Å²) >= 11 is 3.15. The number of allylic oxidation sites excluding steroid dienone is 1. The highest BCUT2D eigenvalue weighted by Crippen LogP contribution is 2.28. The number of rotatable bonds is 5. The summed E-state index contributed by atoms with van der Waals surface area (Å²) in [5, 5.41) is 9.69. The van der Waals surface area contributed by atoms with Crippen LogP contribution in [0.4, 0.5) is 0 Å². The summed E-state index contributed by atoms with van der Waals surface area (Å²) in [6, 6.07) is 6.31. The Kier molecular flexibility index (Phi) is 9.35. The summed E-state index contributed by atoms with van der Waals surface area (Å²) in [6.45, 7) is -0.0452.